The summed E-state index contributed by atoms with van der Waals surface area (Å²) in [6, 6.07) is 5.38. The van der Waals surface area contributed by atoms with E-state index in [4.69, 9.17) is 16.3 Å². The van der Waals surface area contributed by atoms with E-state index in [1.165, 1.54) is 6.33 Å². The maximum atomic E-state index is 6.09. The van der Waals surface area contributed by atoms with Crippen molar-refractivity contribution in [2.24, 2.45) is 7.05 Å². The van der Waals surface area contributed by atoms with E-state index in [1.807, 2.05) is 13.1 Å². The minimum atomic E-state index is 0.429. The van der Waals surface area contributed by atoms with Gasteiger partial charge in [-0.3, -0.25) is 4.68 Å². The van der Waals surface area contributed by atoms with Gasteiger partial charge in [-0.05, 0) is 18.2 Å². The highest BCUT2D eigenvalue weighted by Crippen LogP contribution is 2.33. The quantitative estimate of drug-likeness (QED) is 0.716. The molecule has 0 aliphatic rings. The van der Waals surface area contributed by atoms with Gasteiger partial charge in [0.05, 0.1) is 11.2 Å². The number of hydrogen-bond donors (Lipinski definition) is 0. The summed E-state index contributed by atoms with van der Waals surface area (Å²) < 4.78 is 8.29. The molecule has 0 spiro atoms. The molecule has 0 saturated carbocycles. The fraction of sp³-hybridized carbons (Fsp3) is 0.0833. The molecule has 3 rings (SSSR count). The van der Waals surface area contributed by atoms with Crippen LogP contribution in [-0.2, 0) is 7.05 Å². The van der Waals surface area contributed by atoms with Gasteiger partial charge in [0.15, 0.2) is 5.65 Å². The Kier molecular flexibility index (Phi) is 3.12. The minimum absolute atomic E-state index is 0.429. The van der Waals surface area contributed by atoms with Crippen molar-refractivity contribution in [3.8, 4) is 11.6 Å². The third-order valence-corrected chi connectivity index (χ3v) is 3.40. The Morgan fingerprint density at radius 1 is 1.32 bits per heavy atom. The van der Waals surface area contributed by atoms with Crippen LogP contribution < -0.4 is 4.74 Å². The highest BCUT2D eigenvalue weighted by atomic mass is 79.9. The maximum Gasteiger partial charge on any atom is 0.233 e. The van der Waals surface area contributed by atoms with Gasteiger partial charge in [-0.1, -0.05) is 27.5 Å². The van der Waals surface area contributed by atoms with Crippen LogP contribution in [0.25, 0.3) is 11.0 Å². The van der Waals surface area contributed by atoms with Crippen LogP contribution in [-0.4, -0.2) is 19.7 Å². The summed E-state index contributed by atoms with van der Waals surface area (Å²) in [5.41, 5.74) is 0.705. The second-order valence-corrected chi connectivity index (χ2v) is 5.18. The van der Waals surface area contributed by atoms with Gasteiger partial charge < -0.3 is 4.74 Å². The van der Waals surface area contributed by atoms with E-state index < -0.39 is 0 Å². The second-order valence-electron chi connectivity index (χ2n) is 3.86. The number of halogens is 2. The summed E-state index contributed by atoms with van der Waals surface area (Å²) in [6.07, 6.45) is 3.10. The lowest BCUT2D eigenvalue weighted by atomic mass is 10.3. The van der Waals surface area contributed by atoms with Crippen molar-refractivity contribution in [2.75, 3.05) is 0 Å². The van der Waals surface area contributed by atoms with Gasteiger partial charge in [0, 0.05) is 11.5 Å². The molecular formula is C12H8BrClN4O. The Hall–Kier alpha value is -1.66. The average Bonchev–Trinajstić information content (AvgIpc) is 2.77. The second kappa shape index (κ2) is 4.79. The van der Waals surface area contributed by atoms with Crippen LogP contribution in [0, 0.1) is 0 Å². The molecule has 0 N–H and O–H groups in total. The molecule has 0 unspecified atom stereocenters. The van der Waals surface area contributed by atoms with Crippen molar-refractivity contribution >= 4 is 38.6 Å². The molecule has 1 aromatic carbocycles. The van der Waals surface area contributed by atoms with Crippen molar-refractivity contribution in [1.29, 1.82) is 0 Å². The van der Waals surface area contributed by atoms with Crippen LogP contribution in [0.1, 0.15) is 0 Å². The van der Waals surface area contributed by atoms with Gasteiger partial charge in [-0.2, -0.15) is 5.10 Å². The molecule has 0 aliphatic carbocycles. The molecule has 19 heavy (non-hydrogen) atoms. The Labute approximate surface area is 122 Å². The van der Waals surface area contributed by atoms with Crippen LogP contribution >= 0.6 is 27.5 Å². The molecular weight excluding hydrogens is 332 g/mol. The molecule has 2 heterocycles. The topological polar surface area (TPSA) is 52.8 Å². The van der Waals surface area contributed by atoms with Crippen molar-refractivity contribution in [1.82, 2.24) is 19.7 Å². The van der Waals surface area contributed by atoms with E-state index in [9.17, 15) is 0 Å². The summed E-state index contributed by atoms with van der Waals surface area (Å²) in [6.45, 7) is 0. The zero-order valence-corrected chi connectivity index (χ0v) is 12.2. The number of rotatable bonds is 2. The smallest absolute Gasteiger partial charge is 0.233 e. The Morgan fingerprint density at radius 3 is 3.00 bits per heavy atom. The first-order chi connectivity index (χ1) is 9.15. The largest absolute Gasteiger partial charge is 0.437 e. The first-order valence-electron chi connectivity index (χ1n) is 5.41. The predicted molar refractivity (Wildman–Crippen MR) is 75.5 cm³/mol. The molecule has 0 aliphatic heterocycles. The third kappa shape index (κ3) is 2.29. The van der Waals surface area contributed by atoms with Crippen molar-refractivity contribution < 1.29 is 4.74 Å². The van der Waals surface area contributed by atoms with Crippen LogP contribution in [0.2, 0.25) is 5.02 Å². The molecule has 7 heteroatoms. The van der Waals surface area contributed by atoms with Crippen LogP contribution in [0.3, 0.4) is 0 Å². The lowest BCUT2D eigenvalue weighted by Gasteiger charge is -2.07. The van der Waals surface area contributed by atoms with Gasteiger partial charge in [0.2, 0.25) is 5.88 Å². The van der Waals surface area contributed by atoms with Gasteiger partial charge in [0.25, 0.3) is 0 Å². The van der Waals surface area contributed by atoms with Gasteiger partial charge in [0.1, 0.15) is 17.5 Å². The normalized spacial score (nSPS) is 10.9. The van der Waals surface area contributed by atoms with Crippen molar-refractivity contribution in [3.63, 3.8) is 0 Å². The van der Waals surface area contributed by atoms with Gasteiger partial charge in [-0.15, -0.1) is 0 Å². The average molecular weight is 340 g/mol. The number of ether oxygens (including phenoxy) is 1. The molecule has 3 aromatic rings. The molecule has 96 valence electrons. The van der Waals surface area contributed by atoms with E-state index >= 15 is 0 Å². The number of nitrogens with zero attached hydrogens (tertiary/aromatic N) is 4. The molecule has 0 bridgehead atoms. The monoisotopic (exact) mass is 338 g/mol. The molecule has 2 aromatic heterocycles. The van der Waals surface area contributed by atoms with Crippen LogP contribution in [0.5, 0.6) is 11.6 Å². The third-order valence-electron chi connectivity index (χ3n) is 2.59. The molecule has 0 saturated heterocycles. The van der Waals surface area contributed by atoms with E-state index in [0.717, 1.165) is 9.86 Å². The maximum absolute atomic E-state index is 6.09. The van der Waals surface area contributed by atoms with E-state index in [1.54, 1.807) is 23.0 Å². The fourth-order valence-electron chi connectivity index (χ4n) is 1.68. The Morgan fingerprint density at radius 2 is 2.16 bits per heavy atom. The first kappa shape index (κ1) is 12.4. The summed E-state index contributed by atoms with van der Waals surface area (Å²) >= 11 is 9.47. The number of aryl methyl sites for hydroxylation is 1. The summed E-state index contributed by atoms with van der Waals surface area (Å²) in [4.78, 5) is 8.28. The van der Waals surface area contributed by atoms with E-state index in [-0.39, 0.29) is 0 Å². The number of aromatic nitrogens is 4. The molecule has 0 fully saturated rings. The highest BCUT2D eigenvalue weighted by molar-refractivity contribution is 9.10. The SMILES string of the molecule is Cn1ncc2c(Oc3cc(Br)ccc3Cl)ncnc21. The first-order valence-corrected chi connectivity index (χ1v) is 6.58. The van der Waals surface area contributed by atoms with E-state index in [2.05, 4.69) is 31.0 Å². The zero-order chi connectivity index (χ0) is 13.4. The zero-order valence-electron chi connectivity index (χ0n) is 9.84. The predicted octanol–water partition coefficient (Wildman–Crippen LogP) is 3.57. The van der Waals surface area contributed by atoms with Gasteiger partial charge >= 0.3 is 0 Å². The van der Waals surface area contributed by atoms with E-state index in [0.29, 0.717) is 22.3 Å². The lowest BCUT2D eigenvalue weighted by molar-refractivity contribution is 0.468. The molecule has 0 atom stereocenters. The molecule has 5 nitrogen and oxygen atoms in total. The summed E-state index contributed by atoms with van der Waals surface area (Å²) in [5.74, 6) is 0.956. The lowest BCUT2D eigenvalue weighted by Crippen LogP contribution is -1.94. The molecule has 0 radical (unpaired) electrons. The highest BCUT2D eigenvalue weighted by Gasteiger charge is 2.11. The van der Waals surface area contributed by atoms with Crippen molar-refractivity contribution in [3.05, 3.63) is 40.2 Å². The number of hydrogen-bond acceptors (Lipinski definition) is 4. The van der Waals surface area contributed by atoms with Crippen LogP contribution in [0.4, 0.5) is 0 Å². The Balaban J connectivity index is 2.08. The Bertz CT molecular complexity index is 759. The van der Waals surface area contributed by atoms with Crippen LogP contribution in [0.15, 0.2) is 35.2 Å². The molecule has 0 amide bonds. The van der Waals surface area contributed by atoms with Gasteiger partial charge in [-0.25, -0.2) is 9.97 Å². The summed E-state index contributed by atoms with van der Waals surface area (Å²) in [5, 5.41) is 5.38. The summed E-state index contributed by atoms with van der Waals surface area (Å²) in [7, 11) is 1.81. The standard InChI is InChI=1S/C12H8BrClN4O/c1-18-11-8(5-17-18)12(16-6-15-11)19-10-4-7(13)2-3-9(10)14/h2-6H,1H3. The fourth-order valence-corrected chi connectivity index (χ4v) is 2.18. The number of benzene rings is 1. The van der Waals surface area contributed by atoms with Crippen molar-refractivity contribution in [2.45, 2.75) is 0 Å². The number of fused-ring (bicyclic) bond motifs is 1. The minimum Gasteiger partial charge on any atom is -0.437 e.